The van der Waals surface area contributed by atoms with Gasteiger partial charge in [-0.2, -0.15) is 0 Å². The average Bonchev–Trinajstić information content (AvgIpc) is 3.33. The molecule has 0 rings (SSSR count). The van der Waals surface area contributed by atoms with Crippen LogP contribution in [0.2, 0.25) is 0 Å². The molecule has 0 aromatic rings. The third kappa shape index (κ3) is 48.4. The number of allylic oxidation sites excluding steroid dienone is 6. The van der Waals surface area contributed by atoms with Crippen LogP contribution in [-0.2, 0) is 0 Å². The van der Waals surface area contributed by atoms with Crippen LogP contribution < -0.4 is 0 Å². The Hall–Kier alpha value is -1.04. The fourth-order valence-corrected chi connectivity index (χ4v) is 11.5. The molecule has 0 N–H and O–H groups in total. The quantitative estimate of drug-likeness (QED) is 0.0421. The van der Waals surface area contributed by atoms with Gasteiger partial charge in [0.05, 0.1) is 0 Å². The summed E-state index contributed by atoms with van der Waals surface area (Å²) in [5.41, 5.74) is 2.40. The van der Waals surface area contributed by atoms with Crippen LogP contribution >= 0.6 is 0 Å². The van der Waals surface area contributed by atoms with Crippen LogP contribution in [-0.4, -0.2) is 0 Å². The van der Waals surface area contributed by atoms with Gasteiger partial charge in [0.2, 0.25) is 0 Å². The van der Waals surface area contributed by atoms with Crippen LogP contribution in [0.3, 0.4) is 0 Å². The number of hydrogen-bond acceptors (Lipinski definition) is 0. The van der Waals surface area contributed by atoms with E-state index in [0.717, 1.165) is 5.92 Å². The number of hydrogen-bond donors (Lipinski definition) is 0. The summed E-state index contributed by atoms with van der Waals surface area (Å²) in [6.07, 6.45) is 87.0. The van der Waals surface area contributed by atoms with Gasteiger partial charge in [0.1, 0.15) is 0 Å². The van der Waals surface area contributed by atoms with Gasteiger partial charge in [0, 0.05) is 0 Å². The van der Waals surface area contributed by atoms with E-state index < -0.39 is 0 Å². The maximum atomic E-state index is 4.05. The lowest BCUT2D eigenvalue weighted by molar-refractivity contribution is 0.189. The Bertz CT molecular complexity index is 1010. The van der Waals surface area contributed by atoms with E-state index in [1.54, 1.807) is 0 Å². The molecule has 0 fully saturated rings. The largest absolute Gasteiger partial charge is 0.103 e. The van der Waals surface area contributed by atoms with Gasteiger partial charge in [-0.1, -0.05) is 301 Å². The van der Waals surface area contributed by atoms with E-state index in [1.165, 1.54) is 340 Å². The van der Waals surface area contributed by atoms with Crippen LogP contribution in [0.1, 0.15) is 368 Å². The fourth-order valence-electron chi connectivity index (χ4n) is 11.5. The maximum absolute atomic E-state index is 4.05. The Labute approximate surface area is 426 Å². The SMILES string of the molecule is C=CCCCCCCCCCCCCCCCCC=CCC(CC)CCCCCCCCCC(=CCCCCCCCCCCCCCC)CCCCCCCC(CCC)(CCC)CCC=C. The Morgan fingerprint density at radius 3 is 1.16 bits per heavy atom. The van der Waals surface area contributed by atoms with Gasteiger partial charge < -0.3 is 0 Å². The van der Waals surface area contributed by atoms with Crippen molar-refractivity contribution in [3.8, 4) is 0 Å². The molecule has 0 aromatic heterocycles. The Balaban J connectivity index is 4.25. The molecule has 1 atom stereocenters. The van der Waals surface area contributed by atoms with Gasteiger partial charge in [-0.25, -0.2) is 0 Å². The summed E-state index contributed by atoms with van der Waals surface area (Å²) >= 11 is 0. The highest BCUT2D eigenvalue weighted by Crippen LogP contribution is 2.40. The summed E-state index contributed by atoms with van der Waals surface area (Å²) in [4.78, 5) is 0. The molecule has 0 saturated carbocycles. The second-order valence-corrected chi connectivity index (χ2v) is 22.4. The molecular weight excluding hydrogens is 805 g/mol. The molecule has 0 heteroatoms. The van der Waals surface area contributed by atoms with Crippen molar-refractivity contribution >= 4 is 0 Å². The van der Waals surface area contributed by atoms with Crippen molar-refractivity contribution in [2.75, 3.05) is 0 Å². The highest BCUT2D eigenvalue weighted by Gasteiger charge is 2.26. The van der Waals surface area contributed by atoms with E-state index in [0.29, 0.717) is 5.41 Å². The minimum Gasteiger partial charge on any atom is -0.103 e. The molecule has 396 valence electrons. The van der Waals surface area contributed by atoms with Crippen molar-refractivity contribution in [1.82, 2.24) is 0 Å². The molecule has 0 saturated heterocycles. The minimum absolute atomic E-state index is 0.584. The molecule has 67 heavy (non-hydrogen) atoms. The van der Waals surface area contributed by atoms with Crippen molar-refractivity contribution in [2.45, 2.75) is 368 Å². The summed E-state index contributed by atoms with van der Waals surface area (Å²) < 4.78 is 0. The lowest BCUT2D eigenvalue weighted by Gasteiger charge is -2.34. The smallest absolute Gasteiger partial charge is 0.0295 e. The van der Waals surface area contributed by atoms with E-state index in [2.05, 4.69) is 71.2 Å². The molecule has 0 aliphatic rings. The first-order valence-corrected chi connectivity index (χ1v) is 31.7. The molecule has 0 aliphatic heterocycles. The first-order valence-electron chi connectivity index (χ1n) is 31.7. The van der Waals surface area contributed by atoms with Crippen molar-refractivity contribution in [1.29, 1.82) is 0 Å². The second-order valence-electron chi connectivity index (χ2n) is 22.4. The normalized spacial score (nSPS) is 12.7. The maximum Gasteiger partial charge on any atom is -0.0295 e. The minimum atomic E-state index is 0.584. The summed E-state index contributed by atoms with van der Waals surface area (Å²) in [7, 11) is 0. The predicted octanol–water partition coefficient (Wildman–Crippen LogP) is 25.2. The predicted molar refractivity (Wildman–Crippen MR) is 311 cm³/mol. The van der Waals surface area contributed by atoms with Crippen molar-refractivity contribution < 1.29 is 0 Å². The van der Waals surface area contributed by atoms with E-state index >= 15 is 0 Å². The highest BCUT2D eigenvalue weighted by atomic mass is 14.3. The first-order chi connectivity index (χ1) is 33.1. The third-order valence-electron chi connectivity index (χ3n) is 16.0. The Morgan fingerprint density at radius 1 is 0.343 bits per heavy atom. The lowest BCUT2D eigenvalue weighted by atomic mass is 9.72. The van der Waals surface area contributed by atoms with E-state index in [-0.39, 0.29) is 0 Å². The molecule has 0 spiro atoms. The molecule has 0 nitrogen and oxygen atoms in total. The van der Waals surface area contributed by atoms with Crippen LogP contribution in [0.4, 0.5) is 0 Å². The Morgan fingerprint density at radius 2 is 0.731 bits per heavy atom. The molecule has 0 amide bonds. The topological polar surface area (TPSA) is 0 Å². The van der Waals surface area contributed by atoms with Crippen LogP contribution in [0, 0.1) is 11.3 Å². The van der Waals surface area contributed by atoms with Gasteiger partial charge in [-0.05, 0) is 114 Å². The third-order valence-corrected chi connectivity index (χ3v) is 16.0. The lowest BCUT2D eigenvalue weighted by Crippen LogP contribution is -2.20. The summed E-state index contributed by atoms with van der Waals surface area (Å²) in [6.45, 7) is 17.4. The zero-order chi connectivity index (χ0) is 48.7. The van der Waals surface area contributed by atoms with Gasteiger partial charge in [-0.3, -0.25) is 0 Å². The monoisotopic (exact) mass is 933 g/mol. The molecule has 0 aliphatic carbocycles. The van der Waals surface area contributed by atoms with Gasteiger partial charge in [0.25, 0.3) is 0 Å². The summed E-state index contributed by atoms with van der Waals surface area (Å²) in [5.74, 6) is 0.905. The van der Waals surface area contributed by atoms with Crippen molar-refractivity contribution in [3.63, 3.8) is 0 Å². The summed E-state index contributed by atoms with van der Waals surface area (Å²) in [5, 5.41) is 0. The van der Waals surface area contributed by atoms with E-state index in [4.69, 9.17) is 0 Å². The van der Waals surface area contributed by atoms with Crippen molar-refractivity contribution in [2.24, 2.45) is 11.3 Å². The molecule has 0 heterocycles. The zero-order valence-electron chi connectivity index (χ0n) is 47.4. The van der Waals surface area contributed by atoms with Crippen LogP contribution in [0.25, 0.3) is 0 Å². The zero-order valence-corrected chi connectivity index (χ0v) is 47.4. The van der Waals surface area contributed by atoms with E-state index in [9.17, 15) is 0 Å². The van der Waals surface area contributed by atoms with Crippen LogP contribution in [0.15, 0.2) is 49.1 Å². The van der Waals surface area contributed by atoms with Gasteiger partial charge in [0.15, 0.2) is 0 Å². The average molecular weight is 934 g/mol. The Kier molecular flexibility index (Phi) is 55.0. The molecule has 0 bridgehead atoms. The van der Waals surface area contributed by atoms with Crippen molar-refractivity contribution in [3.05, 3.63) is 49.1 Å². The highest BCUT2D eigenvalue weighted by molar-refractivity contribution is 5.02. The first kappa shape index (κ1) is 66.0. The second kappa shape index (κ2) is 55.9. The fraction of sp³-hybridized carbons (Fsp3) is 0.881. The number of rotatable bonds is 58. The standard InChI is InChI=1S/C67H128/c1-7-13-16-18-20-22-24-26-27-28-29-30-31-33-34-36-39-44-50-56-65(12-6)57-51-45-41-38-42-47-53-59-66(58-52-46-40-37-35-32-25-23-21-19-17-14-8-2)60-54-48-43-49-55-64-67(61-10-4,62-11-5)63-15-9-3/h7,9,44,50,58,65H,1,3,8,10-43,45-49,51-57,59-64H2,2,4-6H3. The number of unbranched alkanes of at least 4 members (excludes halogenated alkanes) is 37. The van der Waals surface area contributed by atoms with Crippen LogP contribution in [0.5, 0.6) is 0 Å². The van der Waals surface area contributed by atoms with Gasteiger partial charge >= 0.3 is 0 Å². The molecular formula is C67H128. The molecule has 0 aromatic carbocycles. The summed E-state index contributed by atoms with van der Waals surface area (Å²) in [6, 6.07) is 0. The molecule has 1 unspecified atom stereocenters. The molecule has 0 radical (unpaired) electrons. The van der Waals surface area contributed by atoms with E-state index in [1.807, 2.05) is 5.57 Å². The van der Waals surface area contributed by atoms with Gasteiger partial charge in [-0.15, -0.1) is 13.2 Å².